The maximum absolute atomic E-state index is 13.3. The summed E-state index contributed by atoms with van der Waals surface area (Å²) in [5.41, 5.74) is 4.71. The second kappa shape index (κ2) is 9.55. The Balaban J connectivity index is 1.31. The summed E-state index contributed by atoms with van der Waals surface area (Å²) in [5.74, 6) is -0.738. The number of halogens is 1. The number of nitrogens with zero attached hydrogens (tertiary/aromatic N) is 1. The van der Waals surface area contributed by atoms with Gasteiger partial charge in [0.25, 0.3) is 11.8 Å². The number of benzene rings is 3. The van der Waals surface area contributed by atoms with Crippen LogP contribution in [0.5, 0.6) is 0 Å². The van der Waals surface area contributed by atoms with Crippen molar-refractivity contribution in [2.75, 3.05) is 12.4 Å². The van der Waals surface area contributed by atoms with Crippen molar-refractivity contribution < 1.29 is 19.1 Å². The van der Waals surface area contributed by atoms with Crippen LogP contribution < -0.4 is 5.32 Å². The molecule has 0 bridgehead atoms. The van der Waals surface area contributed by atoms with Gasteiger partial charge in [0.1, 0.15) is 0 Å². The lowest BCUT2D eigenvalue weighted by Crippen LogP contribution is -2.41. The molecule has 5 rings (SSSR count). The monoisotopic (exact) mass is 488 g/mol. The minimum atomic E-state index is -0.256. The molecular weight excluding hydrogens is 464 g/mol. The number of methoxy groups -OCH3 is 1. The van der Waals surface area contributed by atoms with Gasteiger partial charge in [0.15, 0.2) is 0 Å². The van der Waals surface area contributed by atoms with Crippen LogP contribution in [-0.4, -0.2) is 35.8 Å². The number of hydrogen-bond donors (Lipinski definition) is 1. The fourth-order valence-corrected chi connectivity index (χ4v) is 5.19. The number of ether oxygens (including phenoxy) is 1. The molecule has 2 amide bonds. The molecule has 0 spiro atoms. The van der Waals surface area contributed by atoms with Gasteiger partial charge in [-0.25, -0.2) is 0 Å². The van der Waals surface area contributed by atoms with Gasteiger partial charge in [0.2, 0.25) is 0 Å². The summed E-state index contributed by atoms with van der Waals surface area (Å²) in [4.78, 5) is 39.7. The normalized spacial score (nSPS) is 18.9. The van der Waals surface area contributed by atoms with Gasteiger partial charge >= 0.3 is 5.97 Å². The quantitative estimate of drug-likeness (QED) is 0.477. The molecule has 0 aromatic heterocycles. The molecule has 1 N–H and O–H groups in total. The van der Waals surface area contributed by atoms with Crippen molar-refractivity contribution in [3.05, 3.63) is 88.4 Å². The summed E-state index contributed by atoms with van der Waals surface area (Å²) < 4.78 is 4.97. The molecule has 0 unspecified atom stereocenters. The number of carbonyl (C=O) groups excluding carboxylic acids is 3. The zero-order valence-corrected chi connectivity index (χ0v) is 20.0. The molecule has 3 aromatic carbocycles. The number of fused-ring (bicyclic) bond motifs is 1. The van der Waals surface area contributed by atoms with E-state index in [0.29, 0.717) is 28.4 Å². The Morgan fingerprint density at radius 3 is 2.40 bits per heavy atom. The summed E-state index contributed by atoms with van der Waals surface area (Å²) in [5, 5.41) is 3.46. The molecule has 1 aliphatic carbocycles. The van der Waals surface area contributed by atoms with Gasteiger partial charge in [-0.2, -0.15) is 0 Å². The molecule has 0 radical (unpaired) electrons. The van der Waals surface area contributed by atoms with Crippen molar-refractivity contribution in [1.29, 1.82) is 0 Å². The number of hydrogen-bond acceptors (Lipinski definition) is 4. The van der Waals surface area contributed by atoms with Crippen molar-refractivity contribution in [1.82, 2.24) is 4.90 Å². The average Bonchev–Trinajstić information content (AvgIpc) is 3.49. The summed E-state index contributed by atoms with van der Waals surface area (Å²) in [6, 6.07) is 20.0. The van der Waals surface area contributed by atoms with E-state index in [-0.39, 0.29) is 29.7 Å². The lowest BCUT2D eigenvalue weighted by molar-refractivity contribution is -0.146. The van der Waals surface area contributed by atoms with Crippen LogP contribution in [0.4, 0.5) is 5.69 Å². The van der Waals surface area contributed by atoms with Crippen molar-refractivity contribution in [3.8, 4) is 11.1 Å². The zero-order chi connectivity index (χ0) is 24.5. The fourth-order valence-electron chi connectivity index (χ4n) is 5.06. The molecule has 2 atom stereocenters. The highest BCUT2D eigenvalue weighted by molar-refractivity contribution is 6.30. The van der Waals surface area contributed by atoms with E-state index in [0.717, 1.165) is 36.0 Å². The van der Waals surface area contributed by atoms with Crippen LogP contribution in [0.1, 0.15) is 45.5 Å². The molecule has 7 heteroatoms. The maximum Gasteiger partial charge on any atom is 0.310 e. The van der Waals surface area contributed by atoms with Crippen LogP contribution >= 0.6 is 11.6 Å². The molecular formula is C28H25ClN2O4. The lowest BCUT2D eigenvalue weighted by atomic mass is 10.00. The summed E-state index contributed by atoms with van der Waals surface area (Å²) in [6.45, 7) is 0.516. The first-order valence-electron chi connectivity index (χ1n) is 11.6. The summed E-state index contributed by atoms with van der Waals surface area (Å²) >= 11 is 5.89. The molecule has 2 aliphatic rings. The molecule has 6 nitrogen and oxygen atoms in total. The Bertz CT molecular complexity index is 1290. The third-order valence-electron chi connectivity index (χ3n) is 6.91. The smallest absolute Gasteiger partial charge is 0.310 e. The van der Waals surface area contributed by atoms with E-state index in [4.69, 9.17) is 16.3 Å². The van der Waals surface area contributed by atoms with Gasteiger partial charge < -0.3 is 15.0 Å². The first-order valence-corrected chi connectivity index (χ1v) is 12.0. The number of nitrogens with one attached hydrogen (secondary N) is 1. The fraction of sp³-hybridized carbons (Fsp3) is 0.250. The van der Waals surface area contributed by atoms with E-state index in [1.165, 1.54) is 7.11 Å². The van der Waals surface area contributed by atoms with Gasteiger partial charge in [-0.15, -0.1) is 0 Å². The minimum Gasteiger partial charge on any atom is -0.469 e. The van der Waals surface area contributed by atoms with E-state index in [1.807, 2.05) is 47.4 Å². The Morgan fingerprint density at radius 2 is 1.69 bits per heavy atom. The number of amides is 2. The summed E-state index contributed by atoms with van der Waals surface area (Å²) in [7, 11) is 1.40. The predicted octanol–water partition coefficient (Wildman–Crippen LogP) is 5.56. The molecule has 1 saturated carbocycles. The highest BCUT2D eigenvalue weighted by Crippen LogP contribution is 2.37. The van der Waals surface area contributed by atoms with Gasteiger partial charge in [-0.3, -0.25) is 14.4 Å². The van der Waals surface area contributed by atoms with Gasteiger partial charge in [-0.05, 0) is 72.0 Å². The van der Waals surface area contributed by atoms with Gasteiger partial charge in [0.05, 0.1) is 13.0 Å². The predicted molar refractivity (Wildman–Crippen MR) is 134 cm³/mol. The zero-order valence-electron chi connectivity index (χ0n) is 19.3. The Hall–Kier alpha value is -3.64. The van der Waals surface area contributed by atoms with Crippen molar-refractivity contribution >= 4 is 35.1 Å². The largest absolute Gasteiger partial charge is 0.469 e. The van der Waals surface area contributed by atoms with E-state index < -0.39 is 0 Å². The van der Waals surface area contributed by atoms with Crippen LogP contribution in [0.2, 0.25) is 5.02 Å². The second-order valence-corrected chi connectivity index (χ2v) is 9.41. The Labute approximate surface area is 208 Å². The first kappa shape index (κ1) is 23.1. The van der Waals surface area contributed by atoms with E-state index >= 15 is 0 Å². The highest BCUT2D eigenvalue weighted by Gasteiger charge is 2.42. The SMILES string of the molecule is COC(=O)[C@H]1CCC[C@H]1N1Cc2ccc(-c3ccc(NC(=O)c4ccc(Cl)cc4)cc3)cc2C1=O. The van der Waals surface area contributed by atoms with E-state index in [2.05, 4.69) is 5.32 Å². The van der Waals surface area contributed by atoms with Crippen LogP contribution in [-0.2, 0) is 16.1 Å². The molecule has 1 heterocycles. The maximum atomic E-state index is 13.3. The van der Waals surface area contributed by atoms with Gasteiger partial charge in [-0.1, -0.05) is 42.3 Å². The van der Waals surface area contributed by atoms with Crippen molar-refractivity contribution in [2.24, 2.45) is 5.92 Å². The number of rotatable bonds is 5. The van der Waals surface area contributed by atoms with Crippen LogP contribution in [0.15, 0.2) is 66.7 Å². The first-order chi connectivity index (χ1) is 16.9. The van der Waals surface area contributed by atoms with Crippen LogP contribution in [0.25, 0.3) is 11.1 Å². The van der Waals surface area contributed by atoms with E-state index in [1.54, 1.807) is 24.3 Å². The van der Waals surface area contributed by atoms with Gasteiger partial charge in [0, 0.05) is 34.4 Å². The molecule has 1 aliphatic heterocycles. The third-order valence-corrected chi connectivity index (χ3v) is 7.16. The van der Waals surface area contributed by atoms with Crippen LogP contribution in [0.3, 0.4) is 0 Å². The topological polar surface area (TPSA) is 75.7 Å². The third kappa shape index (κ3) is 4.54. The molecule has 35 heavy (non-hydrogen) atoms. The Kier molecular flexibility index (Phi) is 6.31. The van der Waals surface area contributed by atoms with Crippen molar-refractivity contribution in [3.63, 3.8) is 0 Å². The molecule has 178 valence electrons. The minimum absolute atomic E-state index is 0.0329. The highest BCUT2D eigenvalue weighted by atomic mass is 35.5. The number of anilines is 1. The standard InChI is InChI=1S/C28H25ClN2O4/c1-35-28(34)23-3-2-4-25(23)31-16-20-6-5-19(15-24(20)27(31)33)17-9-13-22(14-10-17)30-26(32)18-7-11-21(29)12-8-18/h5-15,23,25H,2-4,16H2,1H3,(H,30,32)/t23-,25+/m0/s1. The summed E-state index contributed by atoms with van der Waals surface area (Å²) in [6.07, 6.45) is 2.48. The Morgan fingerprint density at radius 1 is 0.971 bits per heavy atom. The average molecular weight is 489 g/mol. The molecule has 3 aromatic rings. The van der Waals surface area contributed by atoms with E-state index in [9.17, 15) is 14.4 Å². The molecule has 1 fully saturated rings. The second-order valence-electron chi connectivity index (χ2n) is 8.97. The lowest BCUT2D eigenvalue weighted by Gasteiger charge is -2.28. The number of carbonyl (C=O) groups is 3. The molecule has 0 saturated heterocycles. The van der Waals surface area contributed by atoms with Crippen molar-refractivity contribution in [2.45, 2.75) is 31.8 Å². The van der Waals surface area contributed by atoms with Crippen LogP contribution in [0, 0.1) is 5.92 Å². The number of esters is 1.